The average molecular weight is 268 g/mol. The molecule has 1 unspecified atom stereocenters. The van der Waals surface area contributed by atoms with Gasteiger partial charge >= 0.3 is 0 Å². The second-order valence-corrected chi connectivity index (χ2v) is 4.82. The van der Waals surface area contributed by atoms with E-state index in [0.29, 0.717) is 11.3 Å². The van der Waals surface area contributed by atoms with Gasteiger partial charge in [0.05, 0.1) is 17.3 Å². The fourth-order valence-corrected chi connectivity index (χ4v) is 2.14. The molecule has 0 saturated carbocycles. The molecule has 1 atom stereocenters. The lowest BCUT2D eigenvalue weighted by Gasteiger charge is -2.19. The standard InChI is InChI=1S/C17H17FN2/c1-3-16(13-6-4-12(2)5-7-13)20-17-9-8-15(18)10-14(17)11-19/h4-10,16,20H,3H2,1-2H3. The van der Waals surface area contributed by atoms with E-state index in [2.05, 4.69) is 36.5 Å². The molecule has 0 radical (unpaired) electrons. The highest BCUT2D eigenvalue weighted by Crippen LogP contribution is 2.25. The van der Waals surface area contributed by atoms with Gasteiger partial charge in [-0.05, 0) is 37.1 Å². The minimum absolute atomic E-state index is 0.105. The number of hydrogen-bond acceptors (Lipinski definition) is 2. The third-order valence-electron chi connectivity index (χ3n) is 3.32. The van der Waals surface area contributed by atoms with E-state index in [4.69, 9.17) is 5.26 Å². The van der Waals surface area contributed by atoms with Gasteiger partial charge in [-0.15, -0.1) is 0 Å². The Morgan fingerprint density at radius 2 is 1.90 bits per heavy atom. The Kier molecular flexibility index (Phi) is 4.37. The van der Waals surface area contributed by atoms with Gasteiger partial charge in [-0.3, -0.25) is 0 Å². The van der Waals surface area contributed by atoms with Crippen molar-refractivity contribution in [3.8, 4) is 6.07 Å². The van der Waals surface area contributed by atoms with E-state index in [1.54, 1.807) is 6.07 Å². The zero-order chi connectivity index (χ0) is 14.5. The van der Waals surface area contributed by atoms with Crippen molar-refractivity contribution >= 4 is 5.69 Å². The minimum Gasteiger partial charge on any atom is -0.377 e. The lowest BCUT2D eigenvalue weighted by molar-refractivity contribution is 0.627. The fourth-order valence-electron chi connectivity index (χ4n) is 2.14. The zero-order valence-electron chi connectivity index (χ0n) is 11.7. The van der Waals surface area contributed by atoms with E-state index in [1.807, 2.05) is 13.0 Å². The van der Waals surface area contributed by atoms with Crippen LogP contribution in [0.15, 0.2) is 42.5 Å². The number of anilines is 1. The third kappa shape index (κ3) is 3.16. The molecule has 102 valence electrons. The van der Waals surface area contributed by atoms with Crippen molar-refractivity contribution in [3.05, 3.63) is 65.0 Å². The van der Waals surface area contributed by atoms with Gasteiger partial charge in [0, 0.05) is 0 Å². The van der Waals surface area contributed by atoms with Crippen LogP contribution in [0, 0.1) is 24.1 Å². The van der Waals surface area contributed by atoms with E-state index in [1.165, 1.54) is 17.7 Å². The number of aryl methyl sites for hydroxylation is 1. The van der Waals surface area contributed by atoms with Gasteiger partial charge < -0.3 is 5.32 Å². The Morgan fingerprint density at radius 1 is 1.20 bits per heavy atom. The second kappa shape index (κ2) is 6.21. The zero-order valence-corrected chi connectivity index (χ0v) is 11.7. The highest BCUT2D eigenvalue weighted by molar-refractivity contribution is 5.58. The Bertz CT molecular complexity index is 626. The highest BCUT2D eigenvalue weighted by Gasteiger charge is 2.11. The predicted molar refractivity (Wildman–Crippen MR) is 78.9 cm³/mol. The van der Waals surface area contributed by atoms with Crippen LogP contribution in [0.4, 0.5) is 10.1 Å². The molecule has 1 N–H and O–H groups in total. The highest BCUT2D eigenvalue weighted by atomic mass is 19.1. The normalized spacial score (nSPS) is 11.7. The van der Waals surface area contributed by atoms with E-state index in [-0.39, 0.29) is 6.04 Å². The van der Waals surface area contributed by atoms with Crippen molar-refractivity contribution in [2.45, 2.75) is 26.3 Å². The summed E-state index contributed by atoms with van der Waals surface area (Å²) in [6.07, 6.45) is 0.880. The Morgan fingerprint density at radius 3 is 2.50 bits per heavy atom. The molecule has 0 bridgehead atoms. The summed E-state index contributed by atoms with van der Waals surface area (Å²) < 4.78 is 13.1. The van der Waals surface area contributed by atoms with Crippen molar-refractivity contribution in [1.29, 1.82) is 5.26 Å². The number of nitriles is 1. The largest absolute Gasteiger partial charge is 0.377 e. The molecule has 2 aromatic rings. The molecular formula is C17H17FN2. The quantitative estimate of drug-likeness (QED) is 0.881. The smallest absolute Gasteiger partial charge is 0.124 e. The first kappa shape index (κ1) is 14.1. The van der Waals surface area contributed by atoms with E-state index < -0.39 is 5.82 Å². The van der Waals surface area contributed by atoms with Crippen molar-refractivity contribution in [2.75, 3.05) is 5.32 Å². The van der Waals surface area contributed by atoms with Crippen LogP contribution in [0.1, 0.15) is 36.1 Å². The summed E-state index contributed by atoms with van der Waals surface area (Å²) in [5.74, 6) is -0.393. The molecule has 2 rings (SSSR count). The summed E-state index contributed by atoms with van der Waals surface area (Å²) in [4.78, 5) is 0. The molecule has 20 heavy (non-hydrogen) atoms. The van der Waals surface area contributed by atoms with Gasteiger partial charge in [0.1, 0.15) is 11.9 Å². The summed E-state index contributed by atoms with van der Waals surface area (Å²) in [7, 11) is 0. The molecule has 2 aromatic carbocycles. The maximum Gasteiger partial charge on any atom is 0.124 e. The lowest BCUT2D eigenvalue weighted by atomic mass is 10.0. The molecule has 0 aliphatic heterocycles. The van der Waals surface area contributed by atoms with Gasteiger partial charge in [0.25, 0.3) is 0 Å². The van der Waals surface area contributed by atoms with E-state index >= 15 is 0 Å². The molecule has 0 aliphatic rings. The Hall–Kier alpha value is -2.34. The van der Waals surface area contributed by atoms with Crippen molar-refractivity contribution in [1.82, 2.24) is 0 Å². The van der Waals surface area contributed by atoms with Gasteiger partial charge in [0.2, 0.25) is 0 Å². The molecule has 3 heteroatoms. The first-order chi connectivity index (χ1) is 9.63. The molecule has 0 aliphatic carbocycles. The first-order valence-electron chi connectivity index (χ1n) is 6.66. The van der Waals surface area contributed by atoms with Gasteiger partial charge in [-0.25, -0.2) is 4.39 Å². The third-order valence-corrected chi connectivity index (χ3v) is 3.32. The number of hydrogen-bond donors (Lipinski definition) is 1. The van der Waals surface area contributed by atoms with Crippen LogP contribution in [-0.4, -0.2) is 0 Å². The molecule has 0 amide bonds. The van der Waals surface area contributed by atoms with Crippen LogP contribution in [-0.2, 0) is 0 Å². The van der Waals surface area contributed by atoms with Crippen molar-refractivity contribution in [3.63, 3.8) is 0 Å². The number of halogens is 1. The molecule has 0 fully saturated rings. The van der Waals surface area contributed by atoms with Crippen molar-refractivity contribution in [2.24, 2.45) is 0 Å². The van der Waals surface area contributed by atoms with E-state index in [0.717, 1.165) is 12.0 Å². The van der Waals surface area contributed by atoms with Crippen LogP contribution in [0.5, 0.6) is 0 Å². The van der Waals surface area contributed by atoms with Gasteiger partial charge in [0.15, 0.2) is 0 Å². The summed E-state index contributed by atoms with van der Waals surface area (Å²) >= 11 is 0. The summed E-state index contributed by atoms with van der Waals surface area (Å²) in [6.45, 7) is 4.12. The second-order valence-electron chi connectivity index (χ2n) is 4.82. The van der Waals surface area contributed by atoms with E-state index in [9.17, 15) is 4.39 Å². The predicted octanol–water partition coefficient (Wildman–Crippen LogP) is 4.57. The number of rotatable bonds is 4. The monoisotopic (exact) mass is 268 g/mol. The maximum atomic E-state index is 13.1. The molecule has 0 saturated heterocycles. The topological polar surface area (TPSA) is 35.8 Å². The molecule has 0 aromatic heterocycles. The van der Waals surface area contributed by atoms with Gasteiger partial charge in [-0.1, -0.05) is 36.8 Å². The molecule has 0 spiro atoms. The maximum absolute atomic E-state index is 13.1. The van der Waals surface area contributed by atoms with Crippen LogP contribution in [0.25, 0.3) is 0 Å². The summed E-state index contributed by atoms with van der Waals surface area (Å²) in [5.41, 5.74) is 3.37. The molecule has 2 nitrogen and oxygen atoms in total. The number of nitrogens with one attached hydrogen (secondary N) is 1. The number of nitrogens with zero attached hydrogens (tertiary/aromatic N) is 1. The van der Waals surface area contributed by atoms with Crippen LogP contribution in [0.2, 0.25) is 0 Å². The molecule has 0 heterocycles. The molecular weight excluding hydrogens is 251 g/mol. The lowest BCUT2D eigenvalue weighted by Crippen LogP contribution is -2.10. The van der Waals surface area contributed by atoms with Crippen LogP contribution >= 0.6 is 0 Å². The Labute approximate surface area is 118 Å². The summed E-state index contributed by atoms with van der Waals surface area (Å²) in [6, 6.07) is 14.6. The first-order valence-corrected chi connectivity index (χ1v) is 6.66. The fraction of sp³-hybridized carbons (Fsp3) is 0.235. The van der Waals surface area contributed by atoms with Crippen molar-refractivity contribution < 1.29 is 4.39 Å². The average Bonchev–Trinajstić information content (AvgIpc) is 2.47. The van der Waals surface area contributed by atoms with Gasteiger partial charge in [-0.2, -0.15) is 5.26 Å². The van der Waals surface area contributed by atoms with Crippen LogP contribution < -0.4 is 5.32 Å². The minimum atomic E-state index is -0.393. The van der Waals surface area contributed by atoms with Crippen LogP contribution in [0.3, 0.4) is 0 Å². The SMILES string of the molecule is CCC(Nc1ccc(F)cc1C#N)c1ccc(C)cc1. The summed E-state index contributed by atoms with van der Waals surface area (Å²) in [5, 5.41) is 12.4. The number of benzene rings is 2. The Balaban J connectivity index is 2.27.